The molecule has 0 amide bonds. The summed E-state index contributed by atoms with van der Waals surface area (Å²) in [7, 11) is -7.33. The summed E-state index contributed by atoms with van der Waals surface area (Å²) in [6.45, 7) is 6.89. The Labute approximate surface area is 475 Å². The number of ketones is 2. The van der Waals surface area contributed by atoms with Crippen molar-refractivity contribution in [3.63, 3.8) is 0 Å². The quantitative estimate of drug-likeness (QED) is 0.0208. The highest BCUT2D eigenvalue weighted by atomic mass is 32.2. The molecular formula is C66H60N6O8S2. The average Bonchev–Trinajstić information content (AvgIpc) is 4.03. The van der Waals surface area contributed by atoms with E-state index in [0.29, 0.717) is 11.3 Å². The van der Waals surface area contributed by atoms with E-state index in [1.165, 1.54) is 92.5 Å². The number of nitrogen functional groups attached to an aromatic ring is 1. The minimum Gasteiger partial charge on any atom is -0.507 e. The van der Waals surface area contributed by atoms with Crippen LogP contribution < -0.4 is 21.5 Å². The molecule has 0 bridgehead atoms. The second kappa shape index (κ2) is 25.8. The number of primary sulfonamides is 2. The summed E-state index contributed by atoms with van der Waals surface area (Å²) < 4.78 is 46.4. The summed E-state index contributed by atoms with van der Waals surface area (Å²) in [5.74, 6) is 5.03. The van der Waals surface area contributed by atoms with Gasteiger partial charge in [-0.25, -0.2) is 31.8 Å². The lowest BCUT2D eigenvalue weighted by Gasteiger charge is -2.10. The van der Waals surface area contributed by atoms with Gasteiger partial charge in [-0.05, 0) is 165 Å². The Balaban J connectivity index is 0.000000148. The number of sulfonamides is 2. The predicted molar refractivity (Wildman–Crippen MR) is 333 cm³/mol. The number of rotatable bonds is 8. The Morgan fingerprint density at radius 1 is 0.524 bits per heavy atom. The number of nitrogens with two attached hydrogens (primary N) is 3. The molecule has 0 fully saturated rings. The maximum Gasteiger partial charge on any atom is 0.238 e. The van der Waals surface area contributed by atoms with Crippen LogP contribution in [0.3, 0.4) is 0 Å². The van der Waals surface area contributed by atoms with Crippen LogP contribution in [0.25, 0.3) is 87.3 Å². The Hall–Kier alpha value is -9.39. The molecular weight excluding hydrogens is 1070 g/mol. The standard InChI is InChI=1S/C24H19N3O2S.C18H14O2.C16H12O.C6H9N3O2S.C2H6O/c1-16-14-24(27(26-16)20-9-11-21(12-10-20)30(25,28)29)19-8-13-23-18(15-19)7-6-17-4-2-3-5-22(17)23;1-12(19)10-18(20)15-8-9-17-14(11-15)7-6-13-4-2-3-5-16(13)17;1-11(17)13-8-9-16-14(10-13)7-6-12-4-2-3-5-15(12)16;7-9-5-1-3-6(4-2-5)12(8,10)11;1-2-3/h2-15H,1H3,(H2,25,28,29);2-11,20H,1H3;2-10H,1H3;1-4,9H,7H2,(H2,8,10,11);3H,2H2,1H3/b;18-10-;;;. The van der Waals surface area contributed by atoms with Gasteiger partial charge in [0.15, 0.2) is 11.6 Å². The van der Waals surface area contributed by atoms with Gasteiger partial charge in [-0.2, -0.15) is 5.10 Å². The van der Waals surface area contributed by atoms with Crippen molar-refractivity contribution in [2.45, 2.75) is 37.5 Å². The number of allylic oxidation sites excluding steroid dienone is 1. The normalized spacial score (nSPS) is 11.4. The Kier molecular flexibility index (Phi) is 18.5. The number of nitrogens with one attached hydrogen (secondary N) is 1. The summed E-state index contributed by atoms with van der Waals surface area (Å²) in [6, 6.07) is 69.7. The summed E-state index contributed by atoms with van der Waals surface area (Å²) in [5, 5.41) is 46.3. The molecule has 0 saturated heterocycles. The lowest BCUT2D eigenvalue weighted by molar-refractivity contribution is -0.112. The number of aliphatic hydroxyl groups is 2. The van der Waals surface area contributed by atoms with Crippen LogP contribution in [0, 0.1) is 6.92 Å². The molecule has 9 N–H and O–H groups in total. The summed E-state index contributed by atoms with van der Waals surface area (Å²) >= 11 is 0. The number of hydrogen-bond acceptors (Lipinski definition) is 11. The molecule has 82 heavy (non-hydrogen) atoms. The van der Waals surface area contributed by atoms with Gasteiger partial charge in [-0.1, -0.05) is 146 Å². The van der Waals surface area contributed by atoms with E-state index in [1.807, 2.05) is 90.5 Å². The fraction of sp³-hybridized carbons (Fsp3) is 0.0758. The summed E-state index contributed by atoms with van der Waals surface area (Å²) in [6.07, 6.45) is 1.24. The maximum absolute atomic E-state index is 11.5. The highest BCUT2D eigenvalue weighted by Gasteiger charge is 2.14. The molecule has 1 aromatic heterocycles. The first-order chi connectivity index (χ1) is 39.3. The second-order valence-corrected chi connectivity index (χ2v) is 22.1. The van der Waals surface area contributed by atoms with Crippen molar-refractivity contribution in [3.8, 4) is 16.9 Å². The highest BCUT2D eigenvalue weighted by molar-refractivity contribution is 7.89. The molecule has 11 aromatic carbocycles. The molecule has 12 rings (SSSR count). The van der Waals surface area contributed by atoms with Crippen molar-refractivity contribution in [2.24, 2.45) is 16.1 Å². The SMILES string of the molecule is CC(=O)/C=C(\O)c1ccc2c(ccc3ccccc32)c1.CC(=O)c1ccc2c(ccc3ccccc32)c1.CCO.Cc1cc(-c2ccc3c(ccc4ccccc43)c2)n(-c2ccc(S(N)(=O)=O)cc2)n1.NNc1ccc(S(N)(=O)=O)cc1. The summed E-state index contributed by atoms with van der Waals surface area (Å²) in [5.41, 5.74) is 8.04. The van der Waals surface area contributed by atoms with Gasteiger partial charge in [0.05, 0.1) is 26.9 Å². The Morgan fingerprint density at radius 2 is 0.915 bits per heavy atom. The van der Waals surface area contributed by atoms with Crippen LogP contribution >= 0.6 is 0 Å². The van der Waals surface area contributed by atoms with Crippen molar-refractivity contribution in [2.75, 3.05) is 12.0 Å². The molecule has 1 heterocycles. The van der Waals surface area contributed by atoms with Crippen molar-refractivity contribution in [1.29, 1.82) is 0 Å². The van der Waals surface area contributed by atoms with E-state index in [4.69, 9.17) is 21.2 Å². The van der Waals surface area contributed by atoms with Crippen LogP contribution in [0.2, 0.25) is 0 Å². The van der Waals surface area contributed by atoms with Crippen molar-refractivity contribution < 1.29 is 36.6 Å². The van der Waals surface area contributed by atoms with Gasteiger partial charge in [0, 0.05) is 35.1 Å². The smallest absolute Gasteiger partial charge is 0.238 e. The van der Waals surface area contributed by atoms with Gasteiger partial charge in [-0.3, -0.25) is 15.4 Å². The number of hydrazine groups is 1. The van der Waals surface area contributed by atoms with Crippen LogP contribution in [0.5, 0.6) is 0 Å². The van der Waals surface area contributed by atoms with E-state index < -0.39 is 20.0 Å². The number of carbonyl (C=O) groups excluding carboxylic acids is 2. The molecule has 0 atom stereocenters. The largest absolute Gasteiger partial charge is 0.507 e. The maximum atomic E-state index is 11.5. The zero-order chi connectivity index (χ0) is 58.7. The van der Waals surface area contributed by atoms with Crippen LogP contribution in [0.1, 0.15) is 42.4 Å². The van der Waals surface area contributed by atoms with Crippen molar-refractivity contribution >= 4 is 108 Å². The number of carbonyl (C=O) groups is 2. The molecule has 0 aliphatic heterocycles. The Morgan fingerprint density at radius 3 is 1.35 bits per heavy atom. The first-order valence-corrected chi connectivity index (χ1v) is 28.9. The van der Waals surface area contributed by atoms with Gasteiger partial charge < -0.3 is 15.6 Å². The van der Waals surface area contributed by atoms with E-state index in [2.05, 4.69) is 102 Å². The molecule has 0 radical (unpaired) electrons. The fourth-order valence-electron chi connectivity index (χ4n) is 9.27. The van der Waals surface area contributed by atoms with E-state index in [-0.39, 0.29) is 33.7 Å². The monoisotopic (exact) mass is 1130 g/mol. The molecule has 0 unspecified atom stereocenters. The molecule has 0 saturated carbocycles. The lowest BCUT2D eigenvalue weighted by Crippen LogP contribution is -2.12. The fourth-order valence-corrected chi connectivity index (χ4v) is 10.3. The molecule has 414 valence electrons. The molecule has 14 nitrogen and oxygen atoms in total. The van der Waals surface area contributed by atoms with Gasteiger partial charge in [0.1, 0.15) is 5.76 Å². The van der Waals surface area contributed by atoms with Gasteiger partial charge in [-0.15, -0.1) is 0 Å². The number of aromatic nitrogens is 2. The molecule has 0 spiro atoms. The first kappa shape index (κ1) is 58.8. The van der Waals surface area contributed by atoms with E-state index in [1.54, 1.807) is 26.0 Å². The Bertz CT molecular complexity index is 4580. The van der Waals surface area contributed by atoms with Crippen LogP contribution in [0.15, 0.2) is 234 Å². The molecule has 12 aromatic rings. The average molecular weight is 1130 g/mol. The van der Waals surface area contributed by atoms with E-state index in [9.17, 15) is 31.5 Å². The minimum atomic E-state index is -3.73. The van der Waals surface area contributed by atoms with E-state index in [0.717, 1.165) is 49.7 Å². The van der Waals surface area contributed by atoms with Crippen molar-refractivity contribution in [1.82, 2.24) is 9.78 Å². The van der Waals surface area contributed by atoms with Gasteiger partial charge in [0.2, 0.25) is 20.0 Å². The minimum absolute atomic E-state index is 0.00700. The zero-order valence-corrected chi connectivity index (χ0v) is 47.0. The van der Waals surface area contributed by atoms with Gasteiger partial charge >= 0.3 is 0 Å². The number of fused-ring (bicyclic) bond motifs is 9. The molecule has 16 heteroatoms. The number of benzene rings is 11. The van der Waals surface area contributed by atoms with Crippen LogP contribution in [-0.4, -0.2) is 55.0 Å². The van der Waals surface area contributed by atoms with Crippen LogP contribution in [-0.2, 0) is 24.8 Å². The topological polar surface area (TPSA) is 251 Å². The third kappa shape index (κ3) is 14.1. The number of hydrogen-bond donors (Lipinski definition) is 6. The predicted octanol–water partition coefficient (Wildman–Crippen LogP) is 13.1. The number of aryl methyl sites for hydroxylation is 1. The number of Topliss-reactive ketones (excluding diaryl/α,β-unsaturated/α-hetero) is 1. The summed E-state index contributed by atoms with van der Waals surface area (Å²) in [4.78, 5) is 22.5. The molecule has 0 aliphatic carbocycles. The van der Waals surface area contributed by atoms with Crippen molar-refractivity contribution in [3.05, 3.63) is 241 Å². The highest BCUT2D eigenvalue weighted by Crippen LogP contribution is 2.33. The number of aliphatic hydroxyl groups excluding tert-OH is 2. The van der Waals surface area contributed by atoms with Gasteiger partial charge in [0.25, 0.3) is 0 Å². The number of nitrogens with zero attached hydrogens (tertiary/aromatic N) is 2. The number of anilines is 1. The van der Waals surface area contributed by atoms with Crippen LogP contribution in [0.4, 0.5) is 5.69 Å². The third-order valence-electron chi connectivity index (χ3n) is 13.2. The third-order valence-corrected chi connectivity index (χ3v) is 15.0. The molecule has 0 aliphatic rings. The first-order valence-electron chi connectivity index (χ1n) is 25.8. The second-order valence-electron chi connectivity index (χ2n) is 19.0. The lowest BCUT2D eigenvalue weighted by atomic mass is 9.99. The zero-order valence-electron chi connectivity index (χ0n) is 45.4. The van der Waals surface area contributed by atoms with E-state index >= 15 is 0 Å².